The number of hydrogen-bond donors (Lipinski definition) is 0. The standard InChI is InChI=1S/C15H17N3O3/c1-17(2)11-9-15(18(19)20)8-10-16-14(12-15)21-13-6-4-3-5-7-13/h3-11H,12H2,1-2H3. The molecule has 0 aliphatic carbocycles. The highest BCUT2D eigenvalue weighted by molar-refractivity contribution is 5.82. The van der Waals surface area contributed by atoms with Crippen molar-refractivity contribution in [2.24, 2.45) is 4.99 Å². The zero-order valence-corrected chi connectivity index (χ0v) is 12.0. The molecule has 110 valence electrons. The molecule has 0 saturated carbocycles. The zero-order chi connectivity index (χ0) is 15.3. The first-order valence-electron chi connectivity index (χ1n) is 6.49. The summed E-state index contributed by atoms with van der Waals surface area (Å²) in [6.45, 7) is 0. The Bertz CT molecular complexity index is 593. The lowest BCUT2D eigenvalue weighted by Crippen LogP contribution is -2.39. The second kappa shape index (κ2) is 6.21. The van der Waals surface area contributed by atoms with Gasteiger partial charge in [-0.25, -0.2) is 4.99 Å². The van der Waals surface area contributed by atoms with E-state index in [0.29, 0.717) is 11.6 Å². The number of para-hydroxylation sites is 1. The average Bonchev–Trinajstić information content (AvgIpc) is 2.46. The lowest BCUT2D eigenvalue weighted by molar-refractivity contribution is -0.539. The summed E-state index contributed by atoms with van der Waals surface area (Å²) in [7, 11) is 3.62. The third kappa shape index (κ3) is 3.68. The van der Waals surface area contributed by atoms with E-state index in [0.717, 1.165) is 0 Å². The molecule has 6 heteroatoms. The van der Waals surface area contributed by atoms with Crippen LogP contribution >= 0.6 is 0 Å². The third-order valence-electron chi connectivity index (χ3n) is 3.00. The van der Waals surface area contributed by atoms with Gasteiger partial charge in [0, 0.05) is 43.6 Å². The minimum absolute atomic E-state index is 0.0791. The Morgan fingerprint density at radius 3 is 2.71 bits per heavy atom. The largest absolute Gasteiger partial charge is 0.443 e. The van der Waals surface area contributed by atoms with E-state index >= 15 is 0 Å². The van der Waals surface area contributed by atoms with Crippen LogP contribution in [0.5, 0.6) is 5.75 Å². The van der Waals surface area contributed by atoms with Gasteiger partial charge in [0.2, 0.25) is 5.90 Å². The van der Waals surface area contributed by atoms with Crippen LogP contribution in [0.2, 0.25) is 0 Å². The summed E-state index contributed by atoms with van der Waals surface area (Å²) in [5.41, 5.74) is -1.32. The second-order valence-corrected chi connectivity index (χ2v) is 4.96. The Labute approximate surface area is 123 Å². The van der Waals surface area contributed by atoms with E-state index in [9.17, 15) is 10.1 Å². The van der Waals surface area contributed by atoms with Crippen molar-refractivity contribution < 1.29 is 9.66 Å². The quantitative estimate of drug-likeness (QED) is 0.630. The SMILES string of the molecule is CN(C)C=CC1([N+](=O)[O-])C=CN=C(Oc2ccccc2)C1. The minimum Gasteiger partial charge on any atom is -0.443 e. The van der Waals surface area contributed by atoms with Crippen LogP contribution in [0.4, 0.5) is 0 Å². The molecular formula is C15H17N3O3. The van der Waals surface area contributed by atoms with Crippen LogP contribution in [-0.4, -0.2) is 35.4 Å². The lowest BCUT2D eigenvalue weighted by atomic mass is 9.94. The number of ether oxygens (including phenoxy) is 1. The summed E-state index contributed by atoms with van der Waals surface area (Å²) in [5, 5.41) is 11.5. The van der Waals surface area contributed by atoms with E-state index in [1.165, 1.54) is 12.3 Å². The molecule has 0 bridgehead atoms. The first-order valence-corrected chi connectivity index (χ1v) is 6.49. The van der Waals surface area contributed by atoms with Gasteiger partial charge in [-0.1, -0.05) is 18.2 Å². The molecule has 1 aromatic rings. The van der Waals surface area contributed by atoms with Gasteiger partial charge in [0.05, 0.1) is 0 Å². The molecule has 0 radical (unpaired) electrons. The first kappa shape index (κ1) is 14.8. The number of benzene rings is 1. The fourth-order valence-corrected chi connectivity index (χ4v) is 1.86. The molecular weight excluding hydrogens is 270 g/mol. The van der Waals surface area contributed by atoms with Crippen molar-refractivity contribution in [3.05, 3.63) is 65.0 Å². The van der Waals surface area contributed by atoms with E-state index in [4.69, 9.17) is 4.74 Å². The summed E-state index contributed by atoms with van der Waals surface area (Å²) >= 11 is 0. The predicted molar refractivity (Wildman–Crippen MR) is 80.8 cm³/mol. The van der Waals surface area contributed by atoms with Gasteiger partial charge in [-0.2, -0.15) is 0 Å². The summed E-state index contributed by atoms with van der Waals surface area (Å²) in [4.78, 5) is 17.0. The molecule has 1 heterocycles. The maximum Gasteiger partial charge on any atom is 0.270 e. The molecule has 2 rings (SSSR count). The number of nitrogens with zero attached hydrogens (tertiary/aromatic N) is 3. The molecule has 1 atom stereocenters. The summed E-state index contributed by atoms with van der Waals surface area (Å²) < 4.78 is 5.61. The fourth-order valence-electron chi connectivity index (χ4n) is 1.86. The van der Waals surface area contributed by atoms with Crippen molar-refractivity contribution >= 4 is 5.90 Å². The maximum atomic E-state index is 11.5. The fraction of sp³-hybridized carbons (Fsp3) is 0.267. The van der Waals surface area contributed by atoms with Crippen LogP contribution in [0, 0.1) is 10.1 Å². The van der Waals surface area contributed by atoms with Crippen molar-refractivity contribution in [3.8, 4) is 5.75 Å². The Hall–Kier alpha value is -2.63. The lowest BCUT2D eigenvalue weighted by Gasteiger charge is -2.22. The van der Waals surface area contributed by atoms with Gasteiger partial charge in [-0.3, -0.25) is 10.1 Å². The molecule has 0 spiro atoms. The van der Waals surface area contributed by atoms with Gasteiger partial charge in [-0.05, 0) is 12.1 Å². The molecule has 0 fully saturated rings. The topological polar surface area (TPSA) is 68.0 Å². The molecule has 1 aliphatic rings. The van der Waals surface area contributed by atoms with E-state index in [1.807, 2.05) is 32.3 Å². The molecule has 0 saturated heterocycles. The van der Waals surface area contributed by atoms with E-state index in [-0.39, 0.29) is 11.3 Å². The molecule has 0 N–H and O–H groups in total. The molecule has 0 amide bonds. The second-order valence-electron chi connectivity index (χ2n) is 4.96. The maximum absolute atomic E-state index is 11.5. The predicted octanol–water partition coefficient (Wildman–Crippen LogP) is 2.47. The highest BCUT2D eigenvalue weighted by Crippen LogP contribution is 2.25. The van der Waals surface area contributed by atoms with Crippen molar-refractivity contribution in [2.45, 2.75) is 12.0 Å². The number of nitro groups is 1. The van der Waals surface area contributed by atoms with Crippen LogP contribution in [0.15, 0.2) is 59.9 Å². The monoisotopic (exact) mass is 287 g/mol. The smallest absolute Gasteiger partial charge is 0.270 e. The van der Waals surface area contributed by atoms with Gasteiger partial charge in [0.25, 0.3) is 5.54 Å². The van der Waals surface area contributed by atoms with Crippen molar-refractivity contribution in [1.82, 2.24) is 4.90 Å². The number of rotatable bonds is 4. The van der Waals surface area contributed by atoms with Crippen molar-refractivity contribution in [1.29, 1.82) is 0 Å². The Balaban J connectivity index is 2.19. The van der Waals surface area contributed by atoms with Gasteiger partial charge < -0.3 is 9.64 Å². The number of hydrogen-bond acceptors (Lipinski definition) is 5. The first-order chi connectivity index (χ1) is 10.0. The molecule has 1 unspecified atom stereocenters. The summed E-state index contributed by atoms with van der Waals surface area (Å²) in [5.74, 6) is 0.934. The van der Waals surface area contributed by atoms with E-state index < -0.39 is 5.54 Å². The van der Waals surface area contributed by atoms with Gasteiger partial charge in [-0.15, -0.1) is 0 Å². The van der Waals surface area contributed by atoms with Crippen LogP contribution in [0.3, 0.4) is 0 Å². The third-order valence-corrected chi connectivity index (χ3v) is 3.00. The molecule has 6 nitrogen and oxygen atoms in total. The van der Waals surface area contributed by atoms with Gasteiger partial charge >= 0.3 is 0 Å². The van der Waals surface area contributed by atoms with Crippen LogP contribution < -0.4 is 4.74 Å². The van der Waals surface area contributed by atoms with Gasteiger partial charge in [0.15, 0.2) is 0 Å². The Morgan fingerprint density at radius 2 is 2.10 bits per heavy atom. The Morgan fingerprint density at radius 1 is 1.38 bits per heavy atom. The molecule has 1 aliphatic heterocycles. The van der Waals surface area contributed by atoms with Crippen LogP contribution in [-0.2, 0) is 0 Å². The van der Waals surface area contributed by atoms with Crippen LogP contribution in [0.25, 0.3) is 0 Å². The van der Waals surface area contributed by atoms with Crippen LogP contribution in [0.1, 0.15) is 6.42 Å². The highest BCUT2D eigenvalue weighted by atomic mass is 16.6. The van der Waals surface area contributed by atoms with Crippen molar-refractivity contribution in [2.75, 3.05) is 14.1 Å². The average molecular weight is 287 g/mol. The summed E-state index contributed by atoms with van der Waals surface area (Å²) in [6, 6.07) is 9.10. The molecule has 21 heavy (non-hydrogen) atoms. The molecule has 1 aromatic carbocycles. The minimum atomic E-state index is -1.32. The van der Waals surface area contributed by atoms with E-state index in [2.05, 4.69) is 4.99 Å². The highest BCUT2D eigenvalue weighted by Gasteiger charge is 2.41. The van der Waals surface area contributed by atoms with Gasteiger partial charge in [0.1, 0.15) is 12.2 Å². The normalized spacial score (nSPS) is 21.1. The Kier molecular flexibility index (Phi) is 4.37. The van der Waals surface area contributed by atoms with E-state index in [1.54, 1.807) is 29.3 Å². The number of aliphatic imine (C=N–C) groups is 1. The zero-order valence-electron chi connectivity index (χ0n) is 12.0. The van der Waals surface area contributed by atoms with Crippen molar-refractivity contribution in [3.63, 3.8) is 0 Å². The molecule has 0 aromatic heterocycles. The summed E-state index contributed by atoms with van der Waals surface area (Å²) in [6.07, 6.45) is 6.19.